The third-order valence-electron chi connectivity index (χ3n) is 8.81. The van der Waals surface area contributed by atoms with Crippen LogP contribution in [0.2, 0.25) is 0 Å². The van der Waals surface area contributed by atoms with Crippen molar-refractivity contribution in [3.63, 3.8) is 0 Å². The number of carbonyl (C=O) groups is 2. The summed E-state index contributed by atoms with van der Waals surface area (Å²) in [5, 5.41) is 9.42. The second kappa shape index (κ2) is 8.29. The van der Waals surface area contributed by atoms with Gasteiger partial charge in [0.2, 0.25) is 0 Å². The van der Waals surface area contributed by atoms with E-state index >= 15 is 0 Å². The first kappa shape index (κ1) is 23.3. The van der Waals surface area contributed by atoms with Gasteiger partial charge in [-0.25, -0.2) is 0 Å². The zero-order valence-corrected chi connectivity index (χ0v) is 19.6. The second-order valence-corrected chi connectivity index (χ2v) is 11.2. The summed E-state index contributed by atoms with van der Waals surface area (Å²) in [7, 11) is 0. The van der Waals surface area contributed by atoms with Crippen molar-refractivity contribution in [3.05, 3.63) is 11.6 Å². The van der Waals surface area contributed by atoms with Crippen LogP contribution in [-0.2, 0) is 19.1 Å². The Morgan fingerprint density at radius 2 is 1.83 bits per heavy atom. The van der Waals surface area contributed by atoms with Crippen molar-refractivity contribution in [2.24, 2.45) is 34.0 Å². The van der Waals surface area contributed by atoms with E-state index in [0.29, 0.717) is 17.3 Å². The van der Waals surface area contributed by atoms with Gasteiger partial charge in [0.15, 0.2) is 6.10 Å². The first-order valence-electron chi connectivity index (χ1n) is 11.6. The summed E-state index contributed by atoms with van der Waals surface area (Å²) in [6.07, 6.45) is 8.43. The molecule has 3 rings (SSSR count). The lowest BCUT2D eigenvalue weighted by molar-refractivity contribution is -0.177. The fourth-order valence-electron chi connectivity index (χ4n) is 7.58. The van der Waals surface area contributed by atoms with Crippen LogP contribution in [0.25, 0.3) is 0 Å². The fraction of sp³-hybridized carbons (Fsp3) is 0.840. The maximum absolute atomic E-state index is 13.3. The highest BCUT2D eigenvalue weighted by molar-refractivity contribution is 5.77. The molecule has 170 valence electrons. The van der Waals surface area contributed by atoms with Gasteiger partial charge in [-0.3, -0.25) is 9.59 Å². The maximum Gasteiger partial charge on any atom is 0.313 e. The molecule has 0 amide bonds. The fourth-order valence-corrected chi connectivity index (χ4v) is 7.58. The molecule has 2 saturated carbocycles. The highest BCUT2D eigenvalue weighted by atomic mass is 16.6. The van der Waals surface area contributed by atoms with E-state index in [2.05, 4.69) is 33.8 Å². The number of carbonyl (C=O) groups excluding carboxylic acids is 2. The number of ether oxygens (including phenoxy) is 2. The Morgan fingerprint density at radius 1 is 1.13 bits per heavy atom. The van der Waals surface area contributed by atoms with E-state index in [-0.39, 0.29) is 35.9 Å². The summed E-state index contributed by atoms with van der Waals surface area (Å²) in [6, 6.07) is 0. The molecule has 6 atom stereocenters. The largest absolute Gasteiger partial charge is 0.461 e. The first-order chi connectivity index (χ1) is 14.0. The molecule has 0 saturated heterocycles. The topological polar surface area (TPSA) is 72.8 Å². The van der Waals surface area contributed by atoms with Crippen LogP contribution in [0, 0.1) is 34.0 Å². The lowest BCUT2D eigenvalue weighted by atomic mass is 9.40. The summed E-state index contributed by atoms with van der Waals surface area (Å²) in [5.41, 5.74) is 1.53. The van der Waals surface area contributed by atoms with E-state index in [1.807, 2.05) is 6.92 Å². The van der Waals surface area contributed by atoms with Crippen molar-refractivity contribution >= 4 is 11.9 Å². The number of rotatable bonds is 5. The molecule has 2 fully saturated rings. The molecule has 5 heteroatoms. The third-order valence-corrected chi connectivity index (χ3v) is 8.81. The van der Waals surface area contributed by atoms with Crippen LogP contribution < -0.4 is 0 Å². The number of aliphatic hydroxyl groups is 1. The zero-order valence-electron chi connectivity index (χ0n) is 19.6. The molecule has 3 aliphatic rings. The van der Waals surface area contributed by atoms with E-state index in [0.717, 1.165) is 24.8 Å². The average molecular weight is 421 g/mol. The van der Waals surface area contributed by atoms with Crippen molar-refractivity contribution in [3.8, 4) is 0 Å². The van der Waals surface area contributed by atoms with Crippen LogP contribution in [0.1, 0.15) is 80.1 Å². The molecule has 0 aliphatic heterocycles. The molecule has 5 nitrogen and oxygen atoms in total. The van der Waals surface area contributed by atoms with Gasteiger partial charge in [0.1, 0.15) is 6.61 Å². The molecule has 0 bridgehead atoms. The summed E-state index contributed by atoms with van der Waals surface area (Å²) < 4.78 is 10.6. The van der Waals surface area contributed by atoms with E-state index in [1.165, 1.54) is 26.2 Å². The van der Waals surface area contributed by atoms with E-state index in [4.69, 9.17) is 9.47 Å². The average Bonchev–Trinajstić information content (AvgIpc) is 2.63. The number of fused-ring (bicyclic) bond motifs is 3. The number of hydrogen-bond acceptors (Lipinski definition) is 5. The van der Waals surface area contributed by atoms with Crippen LogP contribution in [-0.4, -0.2) is 36.4 Å². The molecule has 0 aromatic rings. The van der Waals surface area contributed by atoms with E-state index in [1.54, 1.807) is 0 Å². The normalized spacial score (nSPS) is 38.5. The Bertz CT molecular complexity index is 710. The predicted octanol–water partition coefficient (Wildman–Crippen LogP) is 4.67. The Balaban J connectivity index is 1.83. The smallest absolute Gasteiger partial charge is 0.313 e. The van der Waals surface area contributed by atoms with Gasteiger partial charge in [0, 0.05) is 6.92 Å². The van der Waals surface area contributed by atoms with Gasteiger partial charge >= 0.3 is 11.9 Å². The van der Waals surface area contributed by atoms with Crippen LogP contribution in [0.3, 0.4) is 0 Å². The van der Waals surface area contributed by atoms with Gasteiger partial charge in [-0.2, -0.15) is 0 Å². The Morgan fingerprint density at radius 3 is 2.47 bits per heavy atom. The molecule has 0 heterocycles. The minimum atomic E-state index is -0.810. The van der Waals surface area contributed by atoms with Crippen LogP contribution in [0.4, 0.5) is 0 Å². The molecular weight excluding hydrogens is 380 g/mol. The molecule has 0 aromatic carbocycles. The summed E-state index contributed by atoms with van der Waals surface area (Å²) in [4.78, 5) is 24.5. The Kier molecular flexibility index (Phi) is 6.44. The van der Waals surface area contributed by atoms with Gasteiger partial charge in [0.05, 0.1) is 12.5 Å². The lowest BCUT2D eigenvalue weighted by Crippen LogP contribution is -2.58. The highest BCUT2D eigenvalue weighted by Crippen LogP contribution is 2.68. The Hall–Kier alpha value is -1.36. The summed E-state index contributed by atoms with van der Waals surface area (Å²) >= 11 is 0. The Labute approximate surface area is 181 Å². The zero-order chi connectivity index (χ0) is 22.3. The van der Waals surface area contributed by atoms with E-state index < -0.39 is 12.1 Å². The third kappa shape index (κ3) is 3.94. The molecular formula is C25H40O5. The standard InChI is InChI=1S/C25H40O5/c1-16-8-9-20-24(5)12-7-11-23(3,4)19(24)10-13-25(20,6)21(16)22(28)29-15-18(14-26)30-17(2)27/h8,18-21,26H,7,9-15H2,1-6H3/t18-,19?,20?,21-,24-,25+/m0/s1. The minimum absolute atomic E-state index is 0.105. The number of allylic oxidation sites excluding steroid dienone is 1. The second-order valence-electron chi connectivity index (χ2n) is 11.2. The predicted molar refractivity (Wildman–Crippen MR) is 116 cm³/mol. The molecule has 1 N–H and O–H groups in total. The molecule has 0 aromatic heterocycles. The molecule has 0 radical (unpaired) electrons. The van der Waals surface area contributed by atoms with Gasteiger partial charge in [-0.05, 0) is 67.1 Å². The van der Waals surface area contributed by atoms with Gasteiger partial charge in [-0.15, -0.1) is 0 Å². The van der Waals surface area contributed by atoms with Gasteiger partial charge in [-0.1, -0.05) is 45.8 Å². The summed E-state index contributed by atoms with van der Waals surface area (Å²) in [6.45, 7) is 12.5. The maximum atomic E-state index is 13.3. The summed E-state index contributed by atoms with van der Waals surface area (Å²) in [5.74, 6) is 0.112. The van der Waals surface area contributed by atoms with Gasteiger partial charge < -0.3 is 14.6 Å². The minimum Gasteiger partial charge on any atom is -0.461 e. The lowest BCUT2D eigenvalue weighted by Gasteiger charge is -2.64. The van der Waals surface area contributed by atoms with Crippen LogP contribution in [0.5, 0.6) is 0 Å². The number of hydrogen-bond donors (Lipinski definition) is 1. The molecule has 3 aliphatic carbocycles. The van der Waals surface area contributed by atoms with Crippen molar-refractivity contribution in [1.29, 1.82) is 0 Å². The highest BCUT2D eigenvalue weighted by Gasteiger charge is 2.62. The SMILES string of the molecule is CC(=O)O[C@@H](CO)COC(=O)[C@@H]1C(C)=CCC2[C@@]3(C)CCCC(C)(C)C3CC[C@]21C. The molecule has 0 spiro atoms. The van der Waals surface area contributed by atoms with E-state index in [9.17, 15) is 14.7 Å². The number of aliphatic hydroxyl groups excluding tert-OH is 1. The van der Waals surface area contributed by atoms with Crippen molar-refractivity contribution < 1.29 is 24.2 Å². The number of esters is 2. The molecule has 2 unspecified atom stereocenters. The van der Waals surface area contributed by atoms with Gasteiger partial charge in [0.25, 0.3) is 0 Å². The first-order valence-corrected chi connectivity index (χ1v) is 11.6. The van der Waals surface area contributed by atoms with Crippen LogP contribution in [0.15, 0.2) is 11.6 Å². The van der Waals surface area contributed by atoms with Crippen molar-refractivity contribution in [2.45, 2.75) is 86.2 Å². The molecule has 30 heavy (non-hydrogen) atoms. The monoisotopic (exact) mass is 420 g/mol. The van der Waals surface area contributed by atoms with Crippen LogP contribution >= 0.6 is 0 Å². The quantitative estimate of drug-likeness (QED) is 0.517. The van der Waals surface area contributed by atoms with Crippen molar-refractivity contribution in [1.82, 2.24) is 0 Å². The van der Waals surface area contributed by atoms with Crippen molar-refractivity contribution in [2.75, 3.05) is 13.2 Å².